The quantitative estimate of drug-likeness (QED) is 0.621. The van der Waals surface area contributed by atoms with Crippen molar-refractivity contribution >= 4 is 0 Å². The maximum Gasteiger partial charge on any atom is 0.137 e. The molecule has 0 aliphatic heterocycles. The van der Waals surface area contributed by atoms with E-state index in [-0.39, 0.29) is 0 Å². The number of hydrogen-bond donors (Lipinski definition) is 2. The Morgan fingerprint density at radius 1 is 1.00 bits per heavy atom. The van der Waals surface area contributed by atoms with Crippen LogP contribution in [0.3, 0.4) is 0 Å². The zero-order valence-electron chi connectivity index (χ0n) is 15.1. The molecule has 0 unspecified atom stereocenters. The van der Waals surface area contributed by atoms with Gasteiger partial charge in [0.15, 0.2) is 0 Å². The fourth-order valence-corrected chi connectivity index (χ4v) is 2.41. The Hall–Kier alpha value is -1.26. The number of ether oxygens (including phenoxy) is 2. The predicted molar refractivity (Wildman–Crippen MR) is 94.1 cm³/mol. The van der Waals surface area contributed by atoms with Crippen LogP contribution in [-0.4, -0.2) is 37.0 Å². The number of aliphatic hydroxyl groups excluding tert-OH is 1. The second kappa shape index (κ2) is 11.3. The first-order chi connectivity index (χ1) is 11.0. The second-order valence-electron chi connectivity index (χ2n) is 6.64. The van der Waals surface area contributed by atoms with E-state index in [0.717, 1.165) is 17.4 Å². The summed E-state index contributed by atoms with van der Waals surface area (Å²) < 4.78 is 11.0. The summed E-state index contributed by atoms with van der Waals surface area (Å²) in [7, 11) is 0. The van der Waals surface area contributed by atoms with Crippen molar-refractivity contribution in [2.75, 3.05) is 19.8 Å². The molecule has 2 atom stereocenters. The van der Waals surface area contributed by atoms with E-state index in [0.29, 0.717) is 25.8 Å². The van der Waals surface area contributed by atoms with E-state index in [1.54, 1.807) is 0 Å². The molecule has 0 amide bonds. The molecule has 132 valence electrons. The van der Waals surface area contributed by atoms with Crippen LogP contribution in [0.25, 0.3) is 0 Å². The summed E-state index contributed by atoms with van der Waals surface area (Å²) in [5, 5.41) is 12.2. The van der Waals surface area contributed by atoms with Crippen LogP contribution in [-0.2, 0) is 0 Å². The standard InChI is InChI=1S/C19H33NO3/c1-5-22-18-9-11-19(12-10-18)23-14-17(21)13-20-16(4)8-6-7-15(2)3/h9-12,15-17,20-21H,5-8,13-14H2,1-4H3/p+1/t16-,17+/m0/s1. The van der Waals surface area contributed by atoms with Gasteiger partial charge >= 0.3 is 0 Å². The topological polar surface area (TPSA) is 55.3 Å². The molecule has 23 heavy (non-hydrogen) atoms. The monoisotopic (exact) mass is 324 g/mol. The van der Waals surface area contributed by atoms with Crippen LogP contribution in [0, 0.1) is 5.92 Å². The van der Waals surface area contributed by atoms with Gasteiger partial charge in [-0.15, -0.1) is 0 Å². The smallest absolute Gasteiger partial charge is 0.137 e. The highest BCUT2D eigenvalue weighted by molar-refractivity contribution is 5.31. The van der Waals surface area contributed by atoms with Crippen LogP contribution < -0.4 is 14.8 Å². The van der Waals surface area contributed by atoms with Crippen molar-refractivity contribution in [3.63, 3.8) is 0 Å². The molecular formula is C19H34NO3+. The summed E-state index contributed by atoms with van der Waals surface area (Å²) in [6.07, 6.45) is 3.29. The fraction of sp³-hybridized carbons (Fsp3) is 0.684. The van der Waals surface area contributed by atoms with E-state index < -0.39 is 6.10 Å². The van der Waals surface area contributed by atoms with Gasteiger partial charge in [-0.2, -0.15) is 0 Å². The Kier molecular flexibility index (Phi) is 9.72. The molecule has 0 saturated carbocycles. The van der Waals surface area contributed by atoms with Crippen molar-refractivity contribution in [3.8, 4) is 11.5 Å². The van der Waals surface area contributed by atoms with Crippen molar-refractivity contribution in [1.29, 1.82) is 0 Å². The molecule has 0 bridgehead atoms. The number of hydrogen-bond acceptors (Lipinski definition) is 3. The van der Waals surface area contributed by atoms with Gasteiger partial charge in [0, 0.05) is 0 Å². The van der Waals surface area contributed by atoms with Crippen LogP contribution in [0.15, 0.2) is 24.3 Å². The summed E-state index contributed by atoms with van der Waals surface area (Å²) in [5.41, 5.74) is 0. The number of benzene rings is 1. The van der Waals surface area contributed by atoms with Crippen molar-refractivity contribution in [1.82, 2.24) is 0 Å². The van der Waals surface area contributed by atoms with Gasteiger partial charge in [-0.3, -0.25) is 0 Å². The van der Waals surface area contributed by atoms with E-state index in [1.165, 1.54) is 19.3 Å². The zero-order chi connectivity index (χ0) is 17.1. The van der Waals surface area contributed by atoms with Crippen LogP contribution in [0.2, 0.25) is 0 Å². The first-order valence-corrected chi connectivity index (χ1v) is 8.88. The molecule has 4 heteroatoms. The average molecular weight is 324 g/mol. The first kappa shape index (κ1) is 19.8. The summed E-state index contributed by atoms with van der Waals surface area (Å²) in [4.78, 5) is 0. The van der Waals surface area contributed by atoms with Gasteiger partial charge in [0.25, 0.3) is 0 Å². The van der Waals surface area contributed by atoms with Crippen LogP contribution >= 0.6 is 0 Å². The van der Waals surface area contributed by atoms with Crippen molar-refractivity contribution in [2.45, 2.75) is 59.1 Å². The maximum atomic E-state index is 10.0. The van der Waals surface area contributed by atoms with Gasteiger partial charge in [-0.25, -0.2) is 0 Å². The molecule has 0 saturated heterocycles. The highest BCUT2D eigenvalue weighted by atomic mass is 16.5. The Labute approximate surface area is 141 Å². The number of nitrogens with two attached hydrogens (primary N) is 1. The van der Waals surface area contributed by atoms with Gasteiger partial charge in [0.05, 0.1) is 12.6 Å². The summed E-state index contributed by atoms with van der Waals surface area (Å²) in [5.74, 6) is 2.37. The molecule has 1 aromatic carbocycles. The third-order valence-corrected chi connectivity index (χ3v) is 3.83. The van der Waals surface area contributed by atoms with Crippen molar-refractivity contribution in [3.05, 3.63) is 24.3 Å². The molecule has 0 spiro atoms. The zero-order valence-corrected chi connectivity index (χ0v) is 15.1. The Balaban J connectivity index is 2.17. The number of rotatable bonds is 12. The number of aliphatic hydroxyl groups is 1. The van der Waals surface area contributed by atoms with Crippen LogP contribution in [0.1, 0.15) is 47.0 Å². The molecule has 0 aliphatic carbocycles. The molecule has 0 fully saturated rings. The molecule has 0 heterocycles. The lowest BCUT2D eigenvalue weighted by Gasteiger charge is -2.15. The van der Waals surface area contributed by atoms with E-state index in [9.17, 15) is 5.11 Å². The minimum Gasteiger partial charge on any atom is -0.494 e. The lowest BCUT2D eigenvalue weighted by atomic mass is 10.0. The summed E-state index contributed by atoms with van der Waals surface area (Å²) >= 11 is 0. The number of quaternary nitrogens is 1. The van der Waals surface area contributed by atoms with E-state index in [2.05, 4.69) is 26.1 Å². The molecular weight excluding hydrogens is 290 g/mol. The van der Waals surface area contributed by atoms with Crippen molar-refractivity contribution in [2.24, 2.45) is 5.92 Å². The molecule has 3 N–H and O–H groups in total. The molecule has 1 rings (SSSR count). The van der Waals surface area contributed by atoms with Crippen LogP contribution in [0.4, 0.5) is 0 Å². The van der Waals surface area contributed by atoms with E-state index in [4.69, 9.17) is 9.47 Å². The third-order valence-electron chi connectivity index (χ3n) is 3.83. The minimum absolute atomic E-state index is 0.323. The molecule has 0 radical (unpaired) electrons. The molecule has 0 aromatic heterocycles. The molecule has 4 nitrogen and oxygen atoms in total. The predicted octanol–water partition coefficient (Wildman–Crippen LogP) is 2.60. The second-order valence-corrected chi connectivity index (χ2v) is 6.64. The highest BCUT2D eigenvalue weighted by Gasteiger charge is 2.11. The van der Waals surface area contributed by atoms with Gasteiger partial charge in [-0.1, -0.05) is 20.3 Å². The largest absolute Gasteiger partial charge is 0.494 e. The molecule has 0 aliphatic rings. The molecule has 1 aromatic rings. The maximum absolute atomic E-state index is 10.0. The van der Waals surface area contributed by atoms with Gasteiger partial charge < -0.3 is 19.9 Å². The fourth-order valence-electron chi connectivity index (χ4n) is 2.41. The van der Waals surface area contributed by atoms with E-state index >= 15 is 0 Å². The Morgan fingerprint density at radius 3 is 2.17 bits per heavy atom. The minimum atomic E-state index is -0.450. The van der Waals surface area contributed by atoms with Crippen molar-refractivity contribution < 1.29 is 19.9 Å². The van der Waals surface area contributed by atoms with Gasteiger partial charge in [0.2, 0.25) is 0 Å². The SMILES string of the molecule is CCOc1ccc(OC[C@H](O)C[NH2+][C@@H](C)CCCC(C)C)cc1. The first-order valence-electron chi connectivity index (χ1n) is 8.88. The lowest BCUT2D eigenvalue weighted by molar-refractivity contribution is -0.692. The van der Waals surface area contributed by atoms with Gasteiger partial charge in [0.1, 0.15) is 30.8 Å². The normalized spacial score (nSPS) is 13.8. The van der Waals surface area contributed by atoms with Gasteiger partial charge in [-0.05, 0) is 56.9 Å². The summed E-state index contributed by atoms with van der Waals surface area (Å²) in [6.45, 7) is 10.4. The van der Waals surface area contributed by atoms with E-state index in [1.807, 2.05) is 31.2 Å². The Bertz CT molecular complexity index is 406. The lowest BCUT2D eigenvalue weighted by Crippen LogP contribution is -2.91. The van der Waals surface area contributed by atoms with Crippen LogP contribution in [0.5, 0.6) is 11.5 Å². The highest BCUT2D eigenvalue weighted by Crippen LogP contribution is 2.17. The average Bonchev–Trinajstić information content (AvgIpc) is 2.52. The Morgan fingerprint density at radius 2 is 1.61 bits per heavy atom. The summed E-state index contributed by atoms with van der Waals surface area (Å²) in [6, 6.07) is 8.06. The third kappa shape index (κ3) is 9.47.